The zero-order chi connectivity index (χ0) is 18.8. The first-order valence-corrected chi connectivity index (χ1v) is 9.23. The number of amides is 1. The number of halogens is 1. The van der Waals surface area contributed by atoms with Crippen molar-refractivity contribution >= 4 is 27.5 Å². The highest BCUT2D eigenvalue weighted by Crippen LogP contribution is 2.44. The van der Waals surface area contributed by atoms with E-state index in [9.17, 15) is 4.79 Å². The van der Waals surface area contributed by atoms with Crippen molar-refractivity contribution < 1.29 is 19.0 Å². The van der Waals surface area contributed by atoms with Crippen LogP contribution in [0.25, 0.3) is 0 Å². The molecule has 1 aliphatic heterocycles. The molecule has 2 aromatic carbocycles. The molecule has 5 nitrogen and oxygen atoms in total. The van der Waals surface area contributed by atoms with Gasteiger partial charge in [0.15, 0.2) is 0 Å². The number of rotatable bonds is 6. The van der Waals surface area contributed by atoms with Gasteiger partial charge in [0.25, 0.3) is 0 Å². The molecule has 1 amide bonds. The Kier molecular flexibility index (Phi) is 5.41. The van der Waals surface area contributed by atoms with E-state index in [0.29, 0.717) is 30.2 Å². The van der Waals surface area contributed by atoms with Crippen molar-refractivity contribution in [1.82, 2.24) is 0 Å². The fraction of sp³-hybridized carbons (Fsp3) is 0.350. The Morgan fingerprint density at radius 2 is 1.69 bits per heavy atom. The number of fused-ring (bicyclic) bond motifs is 1. The number of nitrogens with zero attached hydrogens (tertiary/aromatic N) is 1. The molecule has 0 aromatic heterocycles. The molecule has 0 fully saturated rings. The predicted molar refractivity (Wildman–Crippen MR) is 105 cm³/mol. The minimum atomic E-state index is -0.279. The summed E-state index contributed by atoms with van der Waals surface area (Å²) in [4.78, 5) is 14.9. The van der Waals surface area contributed by atoms with Crippen LogP contribution in [-0.2, 0) is 11.2 Å². The zero-order valence-corrected chi connectivity index (χ0v) is 16.9. The van der Waals surface area contributed by atoms with Crippen LogP contribution in [0.1, 0.15) is 24.0 Å². The standard InChI is InChI=1S/C20H22BrNO4/c1-5-22-17-7-6-12(21)8-14(17)15(20(22)23)11-16-18(25-3)9-13(24-2)10-19(16)26-4/h6-10,15H,5,11H2,1-4H3. The Bertz CT molecular complexity index is 812. The van der Waals surface area contributed by atoms with E-state index in [0.717, 1.165) is 21.3 Å². The van der Waals surface area contributed by atoms with E-state index in [1.54, 1.807) is 21.3 Å². The quantitative estimate of drug-likeness (QED) is 0.704. The molecule has 0 saturated carbocycles. The van der Waals surface area contributed by atoms with Crippen LogP contribution in [-0.4, -0.2) is 33.8 Å². The van der Waals surface area contributed by atoms with Crippen molar-refractivity contribution in [1.29, 1.82) is 0 Å². The molecule has 0 aliphatic carbocycles. The molecule has 0 radical (unpaired) electrons. The van der Waals surface area contributed by atoms with Gasteiger partial charge in [0.2, 0.25) is 5.91 Å². The predicted octanol–water partition coefficient (Wildman–Crippen LogP) is 4.17. The summed E-state index contributed by atoms with van der Waals surface area (Å²) >= 11 is 3.52. The van der Waals surface area contributed by atoms with Crippen LogP contribution in [0.4, 0.5) is 5.69 Å². The number of hydrogen-bond donors (Lipinski definition) is 0. The van der Waals surface area contributed by atoms with Gasteiger partial charge in [-0.3, -0.25) is 4.79 Å². The molecule has 1 unspecified atom stereocenters. The van der Waals surface area contributed by atoms with Gasteiger partial charge in [0.05, 0.1) is 27.2 Å². The fourth-order valence-corrected chi connectivity index (χ4v) is 3.88. The van der Waals surface area contributed by atoms with Gasteiger partial charge in [-0.1, -0.05) is 15.9 Å². The Morgan fingerprint density at radius 3 is 2.23 bits per heavy atom. The lowest BCUT2D eigenvalue weighted by atomic mass is 9.92. The van der Waals surface area contributed by atoms with Gasteiger partial charge < -0.3 is 19.1 Å². The van der Waals surface area contributed by atoms with Crippen LogP contribution in [0, 0.1) is 0 Å². The number of ether oxygens (including phenoxy) is 3. The van der Waals surface area contributed by atoms with Gasteiger partial charge in [0.1, 0.15) is 17.2 Å². The maximum Gasteiger partial charge on any atom is 0.234 e. The van der Waals surface area contributed by atoms with Crippen LogP contribution in [0.2, 0.25) is 0 Å². The summed E-state index contributed by atoms with van der Waals surface area (Å²) in [5.41, 5.74) is 2.85. The molecule has 3 rings (SSSR count). The summed E-state index contributed by atoms with van der Waals surface area (Å²) in [7, 11) is 4.81. The lowest BCUT2D eigenvalue weighted by Crippen LogP contribution is -2.29. The first kappa shape index (κ1) is 18.6. The van der Waals surface area contributed by atoms with Crippen LogP contribution in [0.5, 0.6) is 17.2 Å². The van der Waals surface area contributed by atoms with E-state index >= 15 is 0 Å². The Hall–Kier alpha value is -2.21. The molecule has 138 valence electrons. The number of methoxy groups -OCH3 is 3. The van der Waals surface area contributed by atoms with Crippen LogP contribution < -0.4 is 19.1 Å². The Labute approximate surface area is 162 Å². The summed E-state index contributed by atoms with van der Waals surface area (Å²) in [6.45, 7) is 2.63. The molecule has 1 atom stereocenters. The first-order valence-electron chi connectivity index (χ1n) is 8.43. The van der Waals surface area contributed by atoms with Crippen molar-refractivity contribution in [3.63, 3.8) is 0 Å². The van der Waals surface area contributed by atoms with Crippen molar-refractivity contribution in [2.24, 2.45) is 0 Å². The van der Waals surface area contributed by atoms with E-state index in [-0.39, 0.29) is 11.8 Å². The third-order valence-corrected chi connectivity index (χ3v) is 5.25. The third-order valence-electron chi connectivity index (χ3n) is 4.76. The van der Waals surface area contributed by atoms with Crippen molar-refractivity contribution in [2.45, 2.75) is 19.3 Å². The SMILES string of the molecule is CCN1C(=O)C(Cc2c(OC)cc(OC)cc2OC)c2cc(Br)ccc21. The normalized spacial score (nSPS) is 15.8. The molecular weight excluding hydrogens is 398 g/mol. The lowest BCUT2D eigenvalue weighted by molar-refractivity contribution is -0.119. The molecule has 6 heteroatoms. The van der Waals surface area contributed by atoms with E-state index < -0.39 is 0 Å². The molecule has 0 saturated heterocycles. The molecule has 26 heavy (non-hydrogen) atoms. The number of hydrogen-bond acceptors (Lipinski definition) is 4. The molecule has 2 aromatic rings. The zero-order valence-electron chi connectivity index (χ0n) is 15.3. The highest BCUT2D eigenvalue weighted by Gasteiger charge is 2.37. The highest BCUT2D eigenvalue weighted by molar-refractivity contribution is 9.10. The van der Waals surface area contributed by atoms with Crippen molar-refractivity contribution in [2.75, 3.05) is 32.8 Å². The van der Waals surface area contributed by atoms with E-state index in [2.05, 4.69) is 15.9 Å². The number of anilines is 1. The maximum atomic E-state index is 13.0. The van der Waals surface area contributed by atoms with Crippen LogP contribution in [0.3, 0.4) is 0 Å². The second-order valence-electron chi connectivity index (χ2n) is 6.05. The molecule has 1 heterocycles. The molecule has 0 spiro atoms. The van der Waals surface area contributed by atoms with Gasteiger partial charge in [-0.2, -0.15) is 0 Å². The van der Waals surface area contributed by atoms with E-state index in [1.807, 2.05) is 42.2 Å². The van der Waals surface area contributed by atoms with Crippen LogP contribution in [0.15, 0.2) is 34.8 Å². The smallest absolute Gasteiger partial charge is 0.234 e. The fourth-order valence-electron chi connectivity index (χ4n) is 3.50. The second kappa shape index (κ2) is 7.58. The second-order valence-corrected chi connectivity index (χ2v) is 6.97. The minimum absolute atomic E-state index is 0.0977. The summed E-state index contributed by atoms with van der Waals surface area (Å²) in [5, 5.41) is 0. The summed E-state index contributed by atoms with van der Waals surface area (Å²) < 4.78 is 17.4. The summed E-state index contributed by atoms with van der Waals surface area (Å²) in [6, 6.07) is 9.61. The molecule has 0 bridgehead atoms. The van der Waals surface area contributed by atoms with Gasteiger partial charge in [-0.15, -0.1) is 0 Å². The minimum Gasteiger partial charge on any atom is -0.496 e. The number of benzene rings is 2. The lowest BCUT2D eigenvalue weighted by Gasteiger charge is -2.18. The third kappa shape index (κ3) is 3.14. The van der Waals surface area contributed by atoms with Gasteiger partial charge in [-0.25, -0.2) is 0 Å². The molecule has 0 N–H and O–H groups in total. The average Bonchev–Trinajstić information content (AvgIpc) is 2.92. The largest absolute Gasteiger partial charge is 0.496 e. The van der Waals surface area contributed by atoms with Gasteiger partial charge in [-0.05, 0) is 37.1 Å². The average molecular weight is 420 g/mol. The van der Waals surface area contributed by atoms with E-state index in [4.69, 9.17) is 14.2 Å². The van der Waals surface area contributed by atoms with Crippen molar-refractivity contribution in [3.8, 4) is 17.2 Å². The van der Waals surface area contributed by atoms with Crippen molar-refractivity contribution in [3.05, 3.63) is 45.9 Å². The highest BCUT2D eigenvalue weighted by atomic mass is 79.9. The van der Waals surface area contributed by atoms with E-state index in [1.165, 1.54) is 0 Å². The topological polar surface area (TPSA) is 48.0 Å². The summed E-state index contributed by atoms with van der Waals surface area (Å²) in [6.07, 6.45) is 0.495. The number of carbonyl (C=O) groups excluding carboxylic acids is 1. The molecule has 1 aliphatic rings. The number of carbonyl (C=O) groups is 1. The molecular formula is C20H22BrNO4. The first-order chi connectivity index (χ1) is 12.5. The van der Waals surface area contributed by atoms with Gasteiger partial charge in [0, 0.05) is 34.4 Å². The van der Waals surface area contributed by atoms with Crippen LogP contribution >= 0.6 is 15.9 Å². The Balaban J connectivity index is 2.07. The Morgan fingerprint density at radius 1 is 1.04 bits per heavy atom. The monoisotopic (exact) mass is 419 g/mol. The van der Waals surface area contributed by atoms with Gasteiger partial charge >= 0.3 is 0 Å². The number of likely N-dealkylation sites (N-methyl/N-ethyl adjacent to an activating group) is 1. The maximum absolute atomic E-state index is 13.0. The summed E-state index contributed by atoms with van der Waals surface area (Å²) in [5.74, 6) is 1.78.